The molecule has 0 heterocycles. The Morgan fingerprint density at radius 1 is 0.867 bits per heavy atom. The second kappa shape index (κ2) is 4.98. The van der Waals surface area contributed by atoms with Crippen LogP contribution in [0.2, 0.25) is 0 Å². The number of nitrogens with one attached hydrogen (secondary N) is 1. The van der Waals surface area contributed by atoms with Crippen molar-refractivity contribution in [2.45, 2.75) is 4.90 Å². The average molecular weight is 216 g/mol. The van der Waals surface area contributed by atoms with Gasteiger partial charge in [-0.1, -0.05) is 48.5 Å². The molecule has 0 aliphatic carbocycles. The molecule has 2 aromatic rings. The van der Waals surface area contributed by atoms with Gasteiger partial charge in [0.25, 0.3) is 0 Å². The first kappa shape index (κ1) is 10.2. The van der Waals surface area contributed by atoms with Crippen LogP contribution in [0.25, 0.3) is 11.1 Å². The Bertz CT molecular complexity index is 429. The molecule has 0 amide bonds. The highest BCUT2D eigenvalue weighted by atomic mass is 32.2. The highest BCUT2D eigenvalue weighted by Crippen LogP contribution is 2.28. The standard InChI is InChI=1S/C12H12N2S/c13-14-15-12-9-5-4-8-11(12)10-6-2-1-3-7-10/h1-9,14H,13H2. The molecule has 0 aromatic heterocycles. The van der Waals surface area contributed by atoms with Crippen LogP contribution < -0.4 is 10.7 Å². The molecule has 0 fully saturated rings. The maximum Gasteiger partial charge on any atom is 0.0318 e. The zero-order valence-corrected chi connectivity index (χ0v) is 9.00. The Labute approximate surface area is 93.6 Å². The SMILES string of the molecule is NNSc1ccccc1-c1ccccc1. The van der Waals surface area contributed by atoms with E-state index < -0.39 is 0 Å². The van der Waals surface area contributed by atoms with Crippen LogP contribution in [-0.2, 0) is 0 Å². The third-order valence-electron chi connectivity index (χ3n) is 2.14. The quantitative estimate of drug-likeness (QED) is 0.470. The molecule has 0 unspecified atom stereocenters. The molecule has 0 saturated carbocycles. The third kappa shape index (κ3) is 2.39. The number of benzene rings is 2. The summed E-state index contributed by atoms with van der Waals surface area (Å²) in [5.74, 6) is 5.32. The monoisotopic (exact) mass is 216 g/mol. The van der Waals surface area contributed by atoms with Crippen molar-refractivity contribution in [1.82, 2.24) is 4.83 Å². The second-order valence-corrected chi connectivity index (χ2v) is 3.96. The summed E-state index contributed by atoms with van der Waals surface area (Å²) >= 11 is 1.42. The van der Waals surface area contributed by atoms with Gasteiger partial charge in [-0.15, -0.1) is 0 Å². The summed E-state index contributed by atoms with van der Waals surface area (Å²) in [7, 11) is 0. The lowest BCUT2D eigenvalue weighted by molar-refractivity contribution is 1.11. The van der Waals surface area contributed by atoms with Crippen LogP contribution in [0.15, 0.2) is 59.5 Å². The predicted octanol–water partition coefficient (Wildman–Crippen LogP) is 2.82. The van der Waals surface area contributed by atoms with Crippen LogP contribution >= 0.6 is 11.9 Å². The zero-order chi connectivity index (χ0) is 10.5. The fraction of sp³-hybridized carbons (Fsp3) is 0. The second-order valence-electron chi connectivity index (χ2n) is 3.08. The highest BCUT2D eigenvalue weighted by molar-refractivity contribution is 7.97. The molecule has 0 aliphatic heterocycles. The molecule has 0 radical (unpaired) electrons. The van der Waals surface area contributed by atoms with Crippen LogP contribution in [-0.4, -0.2) is 0 Å². The minimum atomic E-state index is 1.13. The lowest BCUT2D eigenvalue weighted by Crippen LogP contribution is -2.11. The zero-order valence-electron chi connectivity index (χ0n) is 8.18. The fourth-order valence-electron chi connectivity index (χ4n) is 1.48. The molecule has 2 aromatic carbocycles. The normalized spacial score (nSPS) is 10.2. The van der Waals surface area contributed by atoms with E-state index in [0.717, 1.165) is 4.90 Å². The predicted molar refractivity (Wildman–Crippen MR) is 65.1 cm³/mol. The fourth-order valence-corrected chi connectivity index (χ4v) is 2.04. The number of rotatable bonds is 3. The van der Waals surface area contributed by atoms with Crippen molar-refractivity contribution in [3.63, 3.8) is 0 Å². The Kier molecular flexibility index (Phi) is 3.40. The Morgan fingerprint density at radius 3 is 2.27 bits per heavy atom. The van der Waals surface area contributed by atoms with E-state index in [1.165, 1.54) is 23.1 Å². The first-order valence-corrected chi connectivity index (χ1v) is 5.50. The van der Waals surface area contributed by atoms with Crippen LogP contribution in [0.4, 0.5) is 0 Å². The van der Waals surface area contributed by atoms with E-state index in [1.807, 2.05) is 36.4 Å². The van der Waals surface area contributed by atoms with Crippen LogP contribution in [0, 0.1) is 0 Å². The van der Waals surface area contributed by atoms with Gasteiger partial charge in [-0.05, 0) is 29.1 Å². The van der Waals surface area contributed by atoms with E-state index in [9.17, 15) is 0 Å². The van der Waals surface area contributed by atoms with Gasteiger partial charge in [-0.2, -0.15) is 4.83 Å². The minimum absolute atomic E-state index is 1.13. The van der Waals surface area contributed by atoms with Gasteiger partial charge in [0.1, 0.15) is 0 Å². The van der Waals surface area contributed by atoms with Crippen molar-refractivity contribution in [3.8, 4) is 11.1 Å². The first-order valence-electron chi connectivity index (χ1n) is 4.68. The van der Waals surface area contributed by atoms with Gasteiger partial charge in [0, 0.05) is 4.90 Å². The van der Waals surface area contributed by atoms with E-state index in [1.54, 1.807) is 0 Å². The number of hydrogen-bond donors (Lipinski definition) is 2. The molecular formula is C12H12N2S. The lowest BCUT2D eigenvalue weighted by atomic mass is 10.1. The molecule has 2 rings (SSSR count). The molecule has 3 N–H and O–H groups in total. The minimum Gasteiger partial charge on any atom is -0.261 e. The number of hydrogen-bond acceptors (Lipinski definition) is 3. The van der Waals surface area contributed by atoms with Crippen LogP contribution in [0.1, 0.15) is 0 Å². The van der Waals surface area contributed by atoms with Gasteiger partial charge in [-0.25, -0.2) is 0 Å². The Morgan fingerprint density at radius 2 is 1.53 bits per heavy atom. The largest absolute Gasteiger partial charge is 0.261 e. The Balaban J connectivity index is 2.43. The van der Waals surface area contributed by atoms with E-state index in [-0.39, 0.29) is 0 Å². The van der Waals surface area contributed by atoms with Crippen molar-refractivity contribution in [2.24, 2.45) is 5.84 Å². The summed E-state index contributed by atoms with van der Waals surface area (Å²) in [5.41, 5.74) is 2.40. The molecule has 0 atom stereocenters. The van der Waals surface area contributed by atoms with Gasteiger partial charge < -0.3 is 0 Å². The number of hydrazine groups is 1. The van der Waals surface area contributed by atoms with Gasteiger partial charge in [0.2, 0.25) is 0 Å². The summed E-state index contributed by atoms with van der Waals surface area (Å²) in [6.07, 6.45) is 0. The van der Waals surface area contributed by atoms with E-state index >= 15 is 0 Å². The average Bonchev–Trinajstić information content (AvgIpc) is 2.31. The summed E-state index contributed by atoms with van der Waals surface area (Å²) in [5, 5.41) is 0. The van der Waals surface area contributed by atoms with E-state index in [2.05, 4.69) is 23.0 Å². The molecule has 2 nitrogen and oxygen atoms in total. The molecule has 76 valence electrons. The van der Waals surface area contributed by atoms with Gasteiger partial charge in [-0.3, -0.25) is 5.84 Å². The van der Waals surface area contributed by atoms with Crippen molar-refractivity contribution in [1.29, 1.82) is 0 Å². The van der Waals surface area contributed by atoms with E-state index in [0.29, 0.717) is 0 Å². The Hall–Kier alpha value is -1.29. The van der Waals surface area contributed by atoms with Gasteiger partial charge >= 0.3 is 0 Å². The maximum absolute atomic E-state index is 5.32. The molecule has 0 spiro atoms. The third-order valence-corrected chi connectivity index (χ3v) is 2.83. The first-order chi connectivity index (χ1) is 7.42. The summed E-state index contributed by atoms with van der Waals surface area (Å²) < 4.78 is 0. The van der Waals surface area contributed by atoms with Crippen LogP contribution in [0.5, 0.6) is 0 Å². The molecule has 3 heteroatoms. The molecule has 0 bridgehead atoms. The van der Waals surface area contributed by atoms with Crippen molar-refractivity contribution >= 4 is 11.9 Å². The van der Waals surface area contributed by atoms with Crippen molar-refractivity contribution in [2.75, 3.05) is 0 Å². The maximum atomic E-state index is 5.32. The van der Waals surface area contributed by atoms with Crippen molar-refractivity contribution in [3.05, 3.63) is 54.6 Å². The molecule has 0 saturated heterocycles. The summed E-state index contributed by atoms with van der Waals surface area (Å²) in [4.78, 5) is 3.74. The van der Waals surface area contributed by atoms with Gasteiger partial charge in [0.05, 0.1) is 0 Å². The summed E-state index contributed by atoms with van der Waals surface area (Å²) in [6.45, 7) is 0. The molecular weight excluding hydrogens is 204 g/mol. The molecule has 0 aliphatic rings. The molecule has 15 heavy (non-hydrogen) atoms. The number of nitrogens with two attached hydrogens (primary N) is 1. The highest BCUT2D eigenvalue weighted by Gasteiger charge is 2.03. The van der Waals surface area contributed by atoms with E-state index in [4.69, 9.17) is 5.84 Å². The lowest BCUT2D eigenvalue weighted by Gasteiger charge is -2.07. The van der Waals surface area contributed by atoms with Crippen molar-refractivity contribution < 1.29 is 0 Å². The van der Waals surface area contributed by atoms with Gasteiger partial charge in [0.15, 0.2) is 0 Å². The topological polar surface area (TPSA) is 38.0 Å². The smallest absolute Gasteiger partial charge is 0.0318 e. The van der Waals surface area contributed by atoms with Crippen LogP contribution in [0.3, 0.4) is 0 Å². The summed E-state index contributed by atoms with van der Waals surface area (Å²) in [6, 6.07) is 18.4.